The molecule has 3 aromatic rings. The zero-order valence-electron chi connectivity index (χ0n) is 11.9. The maximum absolute atomic E-state index is 10.8. The van der Waals surface area contributed by atoms with Gasteiger partial charge in [-0.25, -0.2) is 19.7 Å². The van der Waals surface area contributed by atoms with Crippen LogP contribution in [0.5, 0.6) is 0 Å². The Hall–Kier alpha value is -3.16. The predicted octanol–water partition coefficient (Wildman–Crippen LogP) is 1.08. The van der Waals surface area contributed by atoms with E-state index in [0.717, 1.165) is 16.6 Å². The molecule has 1 aromatic carbocycles. The smallest absolute Gasteiger partial charge is 0.312 e. The monoisotopic (exact) mass is 297 g/mol. The van der Waals surface area contributed by atoms with Gasteiger partial charge in [-0.05, 0) is 24.6 Å². The molecule has 2 heterocycles. The van der Waals surface area contributed by atoms with E-state index >= 15 is 0 Å². The molecule has 8 nitrogen and oxygen atoms in total. The number of H-pyrrole nitrogens is 1. The third kappa shape index (κ3) is 2.66. The minimum absolute atomic E-state index is 0.176. The van der Waals surface area contributed by atoms with Gasteiger partial charge < -0.3 is 21.8 Å². The lowest BCUT2D eigenvalue weighted by molar-refractivity contribution is 0.248. The number of aromatic nitrogens is 4. The van der Waals surface area contributed by atoms with Crippen molar-refractivity contribution in [3.8, 4) is 11.5 Å². The molecule has 112 valence electrons. The van der Waals surface area contributed by atoms with Crippen molar-refractivity contribution >= 4 is 22.9 Å². The SMILES string of the molecule is Cc1ccc2nc(-c3nc(CNC(N)=O)cnc3N)[nH]c2c1. The Bertz CT molecular complexity index is 856. The Morgan fingerprint density at radius 2 is 2.18 bits per heavy atom. The molecular formula is C14H15N7O. The van der Waals surface area contributed by atoms with E-state index < -0.39 is 6.03 Å². The number of benzene rings is 1. The van der Waals surface area contributed by atoms with Crippen LogP contribution in [0.3, 0.4) is 0 Å². The maximum Gasteiger partial charge on any atom is 0.312 e. The summed E-state index contributed by atoms with van der Waals surface area (Å²) in [6.45, 7) is 2.18. The van der Waals surface area contributed by atoms with Crippen LogP contribution in [0.1, 0.15) is 11.3 Å². The fraction of sp³-hybridized carbons (Fsp3) is 0.143. The fourth-order valence-corrected chi connectivity index (χ4v) is 2.11. The number of urea groups is 1. The van der Waals surface area contributed by atoms with Gasteiger partial charge in [-0.2, -0.15) is 0 Å². The molecular weight excluding hydrogens is 282 g/mol. The number of nitrogen functional groups attached to an aromatic ring is 1. The number of primary amides is 1. The number of amides is 2. The van der Waals surface area contributed by atoms with Gasteiger partial charge in [0.05, 0.1) is 29.5 Å². The topological polar surface area (TPSA) is 136 Å². The number of nitrogens with two attached hydrogens (primary N) is 2. The number of aryl methyl sites for hydroxylation is 1. The molecule has 0 aliphatic heterocycles. The number of nitrogens with zero attached hydrogens (tertiary/aromatic N) is 3. The zero-order chi connectivity index (χ0) is 15.7. The van der Waals surface area contributed by atoms with Crippen molar-refractivity contribution in [2.45, 2.75) is 13.5 Å². The molecule has 3 rings (SSSR count). The summed E-state index contributed by atoms with van der Waals surface area (Å²) in [6.07, 6.45) is 1.49. The normalized spacial score (nSPS) is 10.8. The number of imidazole rings is 1. The number of carbonyl (C=O) groups excluding carboxylic acids is 1. The number of rotatable bonds is 3. The Morgan fingerprint density at radius 1 is 1.36 bits per heavy atom. The van der Waals surface area contributed by atoms with Crippen LogP contribution in [0.15, 0.2) is 24.4 Å². The minimum atomic E-state index is -0.626. The van der Waals surface area contributed by atoms with Crippen LogP contribution in [0.4, 0.5) is 10.6 Å². The molecule has 0 aliphatic rings. The summed E-state index contributed by atoms with van der Waals surface area (Å²) in [4.78, 5) is 26.9. The van der Waals surface area contributed by atoms with Gasteiger partial charge in [0.25, 0.3) is 0 Å². The van der Waals surface area contributed by atoms with E-state index in [1.165, 1.54) is 6.20 Å². The summed E-state index contributed by atoms with van der Waals surface area (Å²) >= 11 is 0. The Labute approximate surface area is 126 Å². The molecule has 0 spiro atoms. The Kier molecular flexibility index (Phi) is 3.34. The molecule has 22 heavy (non-hydrogen) atoms. The molecule has 0 atom stereocenters. The van der Waals surface area contributed by atoms with Crippen LogP contribution >= 0.6 is 0 Å². The standard InChI is InChI=1S/C14H15N7O/c1-7-2-3-9-10(4-7)21-13(20-9)11-12(15)17-5-8(19-11)6-18-14(16)22/h2-5H,6H2,1H3,(H2,15,17)(H,20,21)(H3,16,18,22). The third-order valence-electron chi connectivity index (χ3n) is 3.16. The molecule has 0 fully saturated rings. The van der Waals surface area contributed by atoms with E-state index in [0.29, 0.717) is 17.2 Å². The van der Waals surface area contributed by atoms with Gasteiger partial charge in [-0.3, -0.25) is 0 Å². The average molecular weight is 297 g/mol. The molecule has 0 saturated heterocycles. The fourth-order valence-electron chi connectivity index (χ4n) is 2.11. The molecule has 2 aromatic heterocycles. The first-order valence-electron chi connectivity index (χ1n) is 6.64. The van der Waals surface area contributed by atoms with Crippen LogP contribution < -0.4 is 16.8 Å². The number of hydrogen-bond acceptors (Lipinski definition) is 5. The van der Waals surface area contributed by atoms with Crippen molar-refractivity contribution in [2.75, 3.05) is 5.73 Å². The van der Waals surface area contributed by atoms with Gasteiger partial charge in [0.1, 0.15) is 5.69 Å². The number of fused-ring (bicyclic) bond motifs is 1. The summed E-state index contributed by atoms with van der Waals surface area (Å²) in [5, 5.41) is 2.46. The van der Waals surface area contributed by atoms with E-state index in [1.807, 2.05) is 25.1 Å². The predicted molar refractivity (Wildman–Crippen MR) is 82.7 cm³/mol. The van der Waals surface area contributed by atoms with Crippen LogP contribution in [0.2, 0.25) is 0 Å². The third-order valence-corrected chi connectivity index (χ3v) is 3.16. The lowest BCUT2D eigenvalue weighted by atomic mass is 10.2. The first-order valence-corrected chi connectivity index (χ1v) is 6.64. The second-order valence-corrected chi connectivity index (χ2v) is 4.92. The van der Waals surface area contributed by atoms with E-state index in [2.05, 4.69) is 25.3 Å². The van der Waals surface area contributed by atoms with Crippen LogP contribution in [0, 0.1) is 6.92 Å². The van der Waals surface area contributed by atoms with E-state index in [-0.39, 0.29) is 12.4 Å². The number of nitrogens with one attached hydrogen (secondary N) is 2. The lowest BCUT2D eigenvalue weighted by Crippen LogP contribution is -2.29. The van der Waals surface area contributed by atoms with Gasteiger partial charge in [0.2, 0.25) is 0 Å². The number of aromatic amines is 1. The highest BCUT2D eigenvalue weighted by atomic mass is 16.2. The summed E-state index contributed by atoms with van der Waals surface area (Å²) in [6, 6.07) is 5.27. The summed E-state index contributed by atoms with van der Waals surface area (Å²) in [5.41, 5.74) is 14.8. The van der Waals surface area contributed by atoms with Gasteiger partial charge in [0, 0.05) is 0 Å². The maximum atomic E-state index is 10.8. The molecule has 0 bridgehead atoms. The summed E-state index contributed by atoms with van der Waals surface area (Å²) < 4.78 is 0. The molecule has 2 amide bonds. The molecule has 0 unspecified atom stereocenters. The summed E-state index contributed by atoms with van der Waals surface area (Å²) in [7, 11) is 0. The zero-order valence-corrected chi connectivity index (χ0v) is 11.9. The first-order chi connectivity index (χ1) is 10.5. The highest BCUT2D eigenvalue weighted by Gasteiger charge is 2.12. The van der Waals surface area contributed by atoms with E-state index in [9.17, 15) is 4.79 Å². The van der Waals surface area contributed by atoms with Gasteiger partial charge in [-0.1, -0.05) is 6.07 Å². The van der Waals surface area contributed by atoms with Gasteiger partial charge in [0.15, 0.2) is 11.6 Å². The van der Waals surface area contributed by atoms with Crippen molar-refractivity contribution in [3.05, 3.63) is 35.7 Å². The molecule has 0 saturated carbocycles. The van der Waals surface area contributed by atoms with Gasteiger partial charge in [-0.15, -0.1) is 0 Å². The highest BCUT2D eigenvalue weighted by molar-refractivity contribution is 5.81. The van der Waals surface area contributed by atoms with Crippen molar-refractivity contribution in [1.29, 1.82) is 0 Å². The van der Waals surface area contributed by atoms with E-state index in [1.54, 1.807) is 0 Å². The Morgan fingerprint density at radius 3 is 2.95 bits per heavy atom. The molecule has 0 aliphatic carbocycles. The second kappa shape index (κ2) is 5.32. The van der Waals surface area contributed by atoms with E-state index in [4.69, 9.17) is 11.5 Å². The molecule has 0 radical (unpaired) electrons. The summed E-state index contributed by atoms with van der Waals surface area (Å²) in [5.74, 6) is 0.796. The quantitative estimate of drug-likeness (QED) is 0.573. The van der Waals surface area contributed by atoms with Crippen molar-refractivity contribution in [2.24, 2.45) is 5.73 Å². The van der Waals surface area contributed by atoms with Crippen molar-refractivity contribution in [3.63, 3.8) is 0 Å². The molecule has 8 heteroatoms. The van der Waals surface area contributed by atoms with Crippen LogP contribution in [-0.2, 0) is 6.54 Å². The number of hydrogen-bond donors (Lipinski definition) is 4. The first kappa shape index (κ1) is 13.8. The number of anilines is 1. The second-order valence-electron chi connectivity index (χ2n) is 4.92. The van der Waals surface area contributed by atoms with Crippen molar-refractivity contribution in [1.82, 2.24) is 25.3 Å². The highest BCUT2D eigenvalue weighted by Crippen LogP contribution is 2.23. The number of carbonyl (C=O) groups is 1. The Balaban J connectivity index is 2.01. The largest absolute Gasteiger partial charge is 0.382 e. The van der Waals surface area contributed by atoms with Crippen LogP contribution in [0.25, 0.3) is 22.6 Å². The lowest BCUT2D eigenvalue weighted by Gasteiger charge is -2.05. The van der Waals surface area contributed by atoms with Crippen LogP contribution in [-0.4, -0.2) is 26.0 Å². The minimum Gasteiger partial charge on any atom is -0.382 e. The molecule has 6 N–H and O–H groups in total. The van der Waals surface area contributed by atoms with Crippen molar-refractivity contribution < 1.29 is 4.79 Å². The average Bonchev–Trinajstić information content (AvgIpc) is 2.89. The van der Waals surface area contributed by atoms with Gasteiger partial charge >= 0.3 is 6.03 Å².